The Labute approximate surface area is 272 Å². The molecule has 9 nitrogen and oxygen atoms in total. The molecule has 1 aromatic carbocycles. The summed E-state index contributed by atoms with van der Waals surface area (Å²) in [5.41, 5.74) is 3.86. The van der Waals surface area contributed by atoms with Crippen LogP contribution in [0.5, 0.6) is 0 Å². The molecule has 47 heavy (non-hydrogen) atoms. The first-order valence-electron chi connectivity index (χ1n) is 15.5. The Kier molecular flexibility index (Phi) is 10.6. The van der Waals surface area contributed by atoms with Gasteiger partial charge in [-0.1, -0.05) is 31.5 Å². The number of nitrogens with zero attached hydrogens (tertiary/aromatic N) is 4. The summed E-state index contributed by atoms with van der Waals surface area (Å²) >= 11 is 0. The summed E-state index contributed by atoms with van der Waals surface area (Å²) in [5.74, 6) is -1.95. The molecule has 2 N–H and O–H groups in total. The average molecular weight is 654 g/mol. The second kappa shape index (κ2) is 14.1. The van der Waals surface area contributed by atoms with E-state index in [-0.39, 0.29) is 24.3 Å². The van der Waals surface area contributed by atoms with E-state index in [0.717, 1.165) is 38.6 Å². The number of pyridine rings is 2. The number of amides is 1. The highest BCUT2D eigenvalue weighted by atomic mass is 19.4. The molecule has 4 rings (SSSR count). The SMILES string of the molecule is Cc1cc(C)c(-c2cc(C(CC(=O)O)NC(=O)C(CC(C)C)n3cc(CCN(C)C)c(C(F)(F)F)cc3=O)cn3ccnc23)c(C)c1. The minimum absolute atomic E-state index is 0.00528. The molecule has 0 radical (unpaired) electrons. The molecule has 3 heterocycles. The van der Waals surface area contributed by atoms with E-state index < -0.39 is 47.7 Å². The van der Waals surface area contributed by atoms with Crippen molar-refractivity contribution in [3.8, 4) is 11.1 Å². The van der Waals surface area contributed by atoms with Crippen molar-refractivity contribution in [1.82, 2.24) is 24.2 Å². The molecule has 0 aliphatic rings. The smallest absolute Gasteiger partial charge is 0.416 e. The maximum absolute atomic E-state index is 14.1. The molecule has 252 valence electrons. The van der Waals surface area contributed by atoms with Crippen LogP contribution in [0, 0.1) is 26.7 Å². The van der Waals surface area contributed by atoms with E-state index in [1.807, 2.05) is 40.7 Å². The number of aliphatic carboxylic acids is 1. The maximum Gasteiger partial charge on any atom is 0.416 e. The first kappa shape index (κ1) is 35.4. The van der Waals surface area contributed by atoms with Crippen LogP contribution in [0.15, 0.2) is 53.8 Å². The van der Waals surface area contributed by atoms with E-state index in [4.69, 9.17) is 0 Å². The third-order valence-electron chi connectivity index (χ3n) is 8.18. The van der Waals surface area contributed by atoms with Crippen molar-refractivity contribution in [2.75, 3.05) is 20.6 Å². The largest absolute Gasteiger partial charge is 0.481 e. The number of likely N-dealkylation sites (N-methyl/N-ethyl adjacent to an activating group) is 1. The molecule has 1 amide bonds. The number of imidazole rings is 1. The number of hydrogen-bond donors (Lipinski definition) is 2. The van der Waals surface area contributed by atoms with Crippen molar-refractivity contribution in [3.05, 3.63) is 92.8 Å². The molecular formula is C35H42F3N5O4. The van der Waals surface area contributed by atoms with Crippen molar-refractivity contribution in [2.45, 2.75) is 72.1 Å². The third-order valence-corrected chi connectivity index (χ3v) is 8.18. The summed E-state index contributed by atoms with van der Waals surface area (Å²) in [6.07, 6.45) is 1.13. The van der Waals surface area contributed by atoms with E-state index in [9.17, 15) is 32.7 Å². The van der Waals surface area contributed by atoms with Gasteiger partial charge in [-0.3, -0.25) is 14.4 Å². The van der Waals surface area contributed by atoms with Gasteiger partial charge >= 0.3 is 12.1 Å². The second-order valence-corrected chi connectivity index (χ2v) is 12.9. The highest BCUT2D eigenvalue weighted by Gasteiger charge is 2.36. The lowest BCUT2D eigenvalue weighted by Gasteiger charge is -2.26. The predicted molar refractivity (Wildman–Crippen MR) is 174 cm³/mol. The van der Waals surface area contributed by atoms with Crippen LogP contribution < -0.4 is 10.9 Å². The Morgan fingerprint density at radius 2 is 1.70 bits per heavy atom. The lowest BCUT2D eigenvalue weighted by Crippen LogP contribution is -2.40. The van der Waals surface area contributed by atoms with Gasteiger partial charge in [-0.15, -0.1) is 0 Å². The van der Waals surface area contributed by atoms with Crippen molar-refractivity contribution < 1.29 is 27.9 Å². The highest BCUT2D eigenvalue weighted by molar-refractivity contribution is 5.84. The molecule has 4 aromatic rings. The molecule has 0 aliphatic carbocycles. The van der Waals surface area contributed by atoms with Gasteiger partial charge in [-0.05, 0) is 87.5 Å². The van der Waals surface area contributed by atoms with Crippen LogP contribution in [0.1, 0.15) is 72.2 Å². The fourth-order valence-corrected chi connectivity index (χ4v) is 6.16. The molecular weight excluding hydrogens is 611 g/mol. The summed E-state index contributed by atoms with van der Waals surface area (Å²) < 4.78 is 44.7. The topological polar surface area (TPSA) is 109 Å². The number of carboxylic acid groups (broad SMARTS) is 1. The Morgan fingerprint density at radius 1 is 1.04 bits per heavy atom. The summed E-state index contributed by atoms with van der Waals surface area (Å²) in [4.78, 5) is 45.6. The summed E-state index contributed by atoms with van der Waals surface area (Å²) in [6.45, 7) is 9.95. The van der Waals surface area contributed by atoms with Crippen molar-refractivity contribution >= 4 is 17.5 Å². The number of nitrogens with one attached hydrogen (secondary N) is 1. The lowest BCUT2D eigenvalue weighted by molar-refractivity contribution is -0.139. The number of alkyl halides is 3. The van der Waals surface area contributed by atoms with Gasteiger partial charge in [0.25, 0.3) is 5.56 Å². The van der Waals surface area contributed by atoms with Crippen molar-refractivity contribution in [3.63, 3.8) is 0 Å². The van der Waals surface area contributed by atoms with Gasteiger partial charge in [0, 0.05) is 43.0 Å². The molecule has 0 saturated carbocycles. The normalized spacial score (nSPS) is 13.4. The Morgan fingerprint density at radius 3 is 2.28 bits per heavy atom. The summed E-state index contributed by atoms with van der Waals surface area (Å²) in [5, 5.41) is 12.7. The number of benzene rings is 1. The number of carboxylic acids is 1. The van der Waals surface area contributed by atoms with Gasteiger partial charge in [0.2, 0.25) is 5.91 Å². The zero-order chi connectivity index (χ0) is 34.8. The van der Waals surface area contributed by atoms with Crippen molar-refractivity contribution in [1.29, 1.82) is 0 Å². The van der Waals surface area contributed by atoms with Gasteiger partial charge in [0.15, 0.2) is 0 Å². The average Bonchev–Trinajstić information content (AvgIpc) is 3.42. The van der Waals surface area contributed by atoms with Crippen LogP contribution >= 0.6 is 0 Å². The monoisotopic (exact) mass is 653 g/mol. The Hall–Kier alpha value is -4.45. The molecule has 0 aliphatic heterocycles. The Bertz CT molecular complexity index is 1820. The number of hydrogen-bond acceptors (Lipinski definition) is 5. The van der Waals surface area contributed by atoms with Gasteiger partial charge in [0.05, 0.1) is 18.0 Å². The first-order chi connectivity index (χ1) is 22.0. The second-order valence-electron chi connectivity index (χ2n) is 12.9. The lowest BCUT2D eigenvalue weighted by atomic mass is 9.92. The minimum atomic E-state index is -4.75. The molecule has 2 atom stereocenters. The predicted octanol–water partition coefficient (Wildman–Crippen LogP) is 6.13. The van der Waals surface area contributed by atoms with Crippen LogP contribution in [0.2, 0.25) is 0 Å². The first-order valence-corrected chi connectivity index (χ1v) is 15.5. The van der Waals surface area contributed by atoms with E-state index in [1.165, 1.54) is 0 Å². The molecule has 2 unspecified atom stereocenters. The van der Waals surface area contributed by atoms with E-state index in [2.05, 4.69) is 22.4 Å². The van der Waals surface area contributed by atoms with Crippen LogP contribution in [0.4, 0.5) is 13.2 Å². The van der Waals surface area contributed by atoms with E-state index >= 15 is 0 Å². The van der Waals surface area contributed by atoms with Crippen LogP contribution in [0.25, 0.3) is 16.8 Å². The molecule has 3 aromatic heterocycles. The van der Waals surface area contributed by atoms with E-state index in [1.54, 1.807) is 42.0 Å². The summed E-state index contributed by atoms with van der Waals surface area (Å²) in [6, 6.07) is 4.27. The molecule has 0 fully saturated rings. The number of aryl methyl sites for hydroxylation is 3. The van der Waals surface area contributed by atoms with Crippen LogP contribution in [-0.2, 0) is 22.2 Å². The number of aromatic nitrogens is 3. The van der Waals surface area contributed by atoms with Gasteiger partial charge < -0.3 is 24.3 Å². The number of carbonyl (C=O) groups excluding carboxylic acids is 1. The van der Waals surface area contributed by atoms with Crippen LogP contribution in [0.3, 0.4) is 0 Å². The zero-order valence-corrected chi connectivity index (χ0v) is 27.8. The highest BCUT2D eigenvalue weighted by Crippen LogP contribution is 2.35. The standard InChI is InChI=1S/C35H42F3N5O4/c1-20(2)12-29(43-19-24(8-10-41(6)7)27(16-30(43)44)35(36,37)38)34(47)40-28(17-31(45)46)25-15-26(33-39-9-11-42(33)18-25)32-22(4)13-21(3)14-23(32)5/h9,11,13-16,18-20,28-29H,8,10,12,17H2,1-7H3,(H,40,47)(H,45,46). The molecule has 0 spiro atoms. The zero-order valence-electron chi connectivity index (χ0n) is 27.8. The van der Waals surface area contributed by atoms with Crippen molar-refractivity contribution in [2.24, 2.45) is 5.92 Å². The summed E-state index contributed by atoms with van der Waals surface area (Å²) in [7, 11) is 3.46. The minimum Gasteiger partial charge on any atom is -0.481 e. The van der Waals surface area contributed by atoms with Gasteiger partial charge in [0.1, 0.15) is 11.7 Å². The number of halogens is 3. The Balaban J connectivity index is 1.82. The quantitative estimate of drug-likeness (QED) is 0.191. The number of rotatable bonds is 12. The van der Waals surface area contributed by atoms with Crippen LogP contribution in [-0.4, -0.2) is 56.5 Å². The number of carbonyl (C=O) groups is 2. The number of fused-ring (bicyclic) bond motifs is 1. The third kappa shape index (κ3) is 8.29. The fraction of sp³-hybridized carbons (Fsp3) is 0.429. The molecule has 0 saturated heterocycles. The fourth-order valence-electron chi connectivity index (χ4n) is 6.16. The molecule has 12 heteroatoms. The van der Waals surface area contributed by atoms with E-state index in [0.29, 0.717) is 23.8 Å². The van der Waals surface area contributed by atoms with Gasteiger partial charge in [-0.25, -0.2) is 4.98 Å². The molecule has 0 bridgehead atoms. The van der Waals surface area contributed by atoms with Gasteiger partial charge in [-0.2, -0.15) is 13.2 Å². The maximum atomic E-state index is 14.1.